The Morgan fingerprint density at radius 2 is 1.87 bits per heavy atom. The Kier molecular flexibility index (Phi) is 7.15. The number of benzene rings is 2. The van der Waals surface area contributed by atoms with Crippen molar-refractivity contribution in [2.24, 2.45) is 5.41 Å². The fourth-order valence-corrected chi connectivity index (χ4v) is 4.66. The molecular weight excluding hydrogens is 413 g/mol. The Morgan fingerprint density at radius 1 is 1.16 bits per heavy atom. The molecule has 0 bridgehead atoms. The van der Waals surface area contributed by atoms with E-state index in [4.69, 9.17) is 4.74 Å². The molecule has 164 valence electrons. The highest BCUT2D eigenvalue weighted by atomic mass is 32.2. The third-order valence-corrected chi connectivity index (χ3v) is 6.57. The third-order valence-electron chi connectivity index (χ3n) is 4.88. The van der Waals surface area contributed by atoms with E-state index in [-0.39, 0.29) is 22.5 Å². The monoisotopic (exact) mass is 441 g/mol. The number of ether oxygens (including phenoxy) is 1. The first-order valence-electron chi connectivity index (χ1n) is 10.3. The van der Waals surface area contributed by atoms with Gasteiger partial charge in [-0.25, -0.2) is 9.18 Å². The second kappa shape index (κ2) is 9.64. The normalized spacial score (nSPS) is 12.6. The van der Waals surface area contributed by atoms with Gasteiger partial charge in [-0.2, -0.15) is 0 Å². The summed E-state index contributed by atoms with van der Waals surface area (Å²) in [4.78, 5) is 12.1. The van der Waals surface area contributed by atoms with Crippen LogP contribution in [-0.4, -0.2) is 27.8 Å². The lowest BCUT2D eigenvalue weighted by atomic mass is 9.87. The van der Waals surface area contributed by atoms with Crippen LogP contribution in [0.3, 0.4) is 0 Å². The second-order valence-electron chi connectivity index (χ2n) is 8.44. The van der Waals surface area contributed by atoms with Crippen molar-refractivity contribution in [2.45, 2.75) is 50.9 Å². The predicted molar refractivity (Wildman–Crippen MR) is 121 cm³/mol. The van der Waals surface area contributed by atoms with E-state index in [2.05, 4.69) is 37.9 Å². The van der Waals surface area contributed by atoms with E-state index in [1.165, 1.54) is 19.2 Å². The van der Waals surface area contributed by atoms with Crippen LogP contribution < -0.4 is 0 Å². The highest BCUT2D eigenvalue weighted by molar-refractivity contribution is 7.99. The number of thioether (sulfide) groups is 1. The molecule has 0 amide bonds. The molecular formula is C24H28FN3O2S. The second-order valence-corrected chi connectivity index (χ2v) is 9.51. The molecule has 0 radical (unpaired) electrons. The van der Waals surface area contributed by atoms with Crippen LogP contribution in [0.25, 0.3) is 5.69 Å². The smallest absolute Gasteiger partial charge is 0.337 e. The summed E-state index contributed by atoms with van der Waals surface area (Å²) in [5.74, 6) is 0.188. The highest BCUT2D eigenvalue weighted by Gasteiger charge is 2.30. The summed E-state index contributed by atoms with van der Waals surface area (Å²) in [5, 5.41) is 9.68. The number of aromatic nitrogens is 3. The molecule has 1 unspecified atom stereocenters. The molecule has 3 aromatic rings. The Morgan fingerprint density at radius 3 is 2.48 bits per heavy atom. The van der Waals surface area contributed by atoms with Crippen molar-refractivity contribution in [3.63, 3.8) is 0 Å². The molecule has 0 spiro atoms. The van der Waals surface area contributed by atoms with Gasteiger partial charge in [0.25, 0.3) is 0 Å². The number of rotatable bonds is 7. The lowest BCUT2D eigenvalue weighted by Crippen LogP contribution is -2.16. The maximum Gasteiger partial charge on any atom is 0.337 e. The molecule has 0 aliphatic heterocycles. The van der Waals surface area contributed by atoms with E-state index in [0.717, 1.165) is 35.1 Å². The van der Waals surface area contributed by atoms with Gasteiger partial charge >= 0.3 is 5.97 Å². The van der Waals surface area contributed by atoms with Crippen molar-refractivity contribution in [3.8, 4) is 5.69 Å². The molecule has 1 heterocycles. The summed E-state index contributed by atoms with van der Waals surface area (Å²) >= 11 is 1.59. The average Bonchev–Trinajstić information content (AvgIpc) is 3.14. The van der Waals surface area contributed by atoms with Gasteiger partial charge in [-0.3, -0.25) is 4.57 Å². The number of methoxy groups -OCH3 is 1. The Bertz CT molecular complexity index is 1040. The van der Waals surface area contributed by atoms with Crippen molar-refractivity contribution in [1.82, 2.24) is 14.8 Å². The van der Waals surface area contributed by atoms with Crippen LogP contribution in [-0.2, 0) is 11.2 Å². The van der Waals surface area contributed by atoms with E-state index < -0.39 is 0 Å². The number of nitrogens with zero attached hydrogens (tertiary/aromatic N) is 3. The highest BCUT2D eigenvalue weighted by Crippen LogP contribution is 2.47. The average molecular weight is 442 g/mol. The fourth-order valence-electron chi connectivity index (χ4n) is 3.40. The first-order chi connectivity index (χ1) is 14.7. The summed E-state index contributed by atoms with van der Waals surface area (Å²) in [6, 6.07) is 13.9. The lowest BCUT2D eigenvalue weighted by Gasteiger charge is -2.30. The first kappa shape index (κ1) is 23.0. The Balaban J connectivity index is 2.07. The number of hydrogen-bond acceptors (Lipinski definition) is 5. The molecule has 0 saturated carbocycles. The zero-order valence-corrected chi connectivity index (χ0v) is 19.4. The molecule has 2 aromatic carbocycles. The number of carbonyl (C=O) groups is 1. The van der Waals surface area contributed by atoms with Crippen LogP contribution in [0.15, 0.2) is 53.7 Å². The number of hydrogen-bond donors (Lipinski definition) is 0. The summed E-state index contributed by atoms with van der Waals surface area (Å²) in [6.45, 7) is 8.55. The minimum Gasteiger partial charge on any atom is -0.465 e. The summed E-state index contributed by atoms with van der Waals surface area (Å²) in [7, 11) is 1.37. The predicted octanol–water partition coefficient (Wildman–Crippen LogP) is 6.03. The van der Waals surface area contributed by atoms with Gasteiger partial charge in [0.05, 0.1) is 18.4 Å². The topological polar surface area (TPSA) is 57.0 Å². The van der Waals surface area contributed by atoms with E-state index in [1.54, 1.807) is 23.9 Å². The molecule has 7 heteroatoms. The number of halogens is 1. The van der Waals surface area contributed by atoms with Gasteiger partial charge in [-0.1, -0.05) is 57.7 Å². The zero-order chi connectivity index (χ0) is 22.6. The number of aryl methyl sites for hydroxylation is 1. The van der Waals surface area contributed by atoms with Gasteiger partial charge in [-0.05, 0) is 47.7 Å². The maximum absolute atomic E-state index is 13.5. The van der Waals surface area contributed by atoms with Crippen LogP contribution in [0.4, 0.5) is 4.39 Å². The third kappa shape index (κ3) is 5.34. The van der Waals surface area contributed by atoms with E-state index in [0.29, 0.717) is 5.56 Å². The van der Waals surface area contributed by atoms with Crippen LogP contribution in [0.1, 0.15) is 61.1 Å². The van der Waals surface area contributed by atoms with E-state index in [1.807, 2.05) is 28.8 Å². The minimum atomic E-state index is -0.389. The van der Waals surface area contributed by atoms with E-state index in [9.17, 15) is 9.18 Å². The van der Waals surface area contributed by atoms with Gasteiger partial charge in [0.1, 0.15) is 11.6 Å². The molecule has 1 aromatic heterocycles. The molecule has 0 N–H and O–H groups in total. The summed E-state index contributed by atoms with van der Waals surface area (Å²) in [6.07, 6.45) is 1.67. The Labute approximate surface area is 187 Å². The molecule has 0 saturated heterocycles. The Hall–Kier alpha value is -2.67. The zero-order valence-electron chi connectivity index (χ0n) is 18.6. The summed E-state index contributed by atoms with van der Waals surface area (Å²) < 4.78 is 20.4. The van der Waals surface area contributed by atoms with E-state index >= 15 is 0 Å². The fraction of sp³-hybridized carbons (Fsp3) is 0.375. The largest absolute Gasteiger partial charge is 0.465 e. The van der Waals surface area contributed by atoms with Gasteiger partial charge in [-0.15, -0.1) is 10.2 Å². The first-order valence-corrected chi connectivity index (χ1v) is 11.2. The van der Waals surface area contributed by atoms with Gasteiger partial charge in [0, 0.05) is 11.7 Å². The quantitative estimate of drug-likeness (QED) is 0.331. The van der Waals surface area contributed by atoms with Crippen LogP contribution in [0.5, 0.6) is 0 Å². The van der Waals surface area contributed by atoms with Gasteiger partial charge < -0.3 is 4.74 Å². The molecule has 0 aliphatic rings. The summed E-state index contributed by atoms with van der Waals surface area (Å²) in [5.41, 5.74) is 2.19. The van der Waals surface area contributed by atoms with Crippen molar-refractivity contribution in [3.05, 3.63) is 71.3 Å². The van der Waals surface area contributed by atoms with Crippen molar-refractivity contribution in [1.29, 1.82) is 0 Å². The van der Waals surface area contributed by atoms with Crippen molar-refractivity contribution < 1.29 is 13.9 Å². The molecule has 0 aliphatic carbocycles. The molecule has 3 rings (SSSR count). The van der Waals surface area contributed by atoms with Gasteiger partial charge in [0.2, 0.25) is 0 Å². The van der Waals surface area contributed by atoms with Gasteiger partial charge in [0.15, 0.2) is 5.16 Å². The molecule has 31 heavy (non-hydrogen) atoms. The van der Waals surface area contributed by atoms with Crippen LogP contribution in [0, 0.1) is 11.2 Å². The minimum absolute atomic E-state index is 0.0225. The molecule has 1 atom stereocenters. The van der Waals surface area contributed by atoms with Crippen molar-refractivity contribution >= 4 is 17.7 Å². The molecule has 5 nitrogen and oxygen atoms in total. The molecule has 0 fully saturated rings. The van der Waals surface area contributed by atoms with Crippen LogP contribution in [0.2, 0.25) is 0 Å². The standard InChI is InChI=1S/C24H28FN3O2S/c1-6-8-20-26-27-23(28(20)19-10-7-9-17(15-19)22(29)30-5)31-21(24(2,3)4)16-11-13-18(25)14-12-16/h7,9-15,21H,6,8H2,1-5H3. The number of esters is 1. The number of carbonyl (C=O) groups excluding carboxylic acids is 1. The van der Waals surface area contributed by atoms with Crippen LogP contribution >= 0.6 is 11.8 Å². The maximum atomic E-state index is 13.5. The SMILES string of the molecule is CCCc1nnc(SC(c2ccc(F)cc2)C(C)(C)C)n1-c1cccc(C(=O)OC)c1. The van der Waals surface area contributed by atoms with Crippen molar-refractivity contribution in [2.75, 3.05) is 7.11 Å². The lowest BCUT2D eigenvalue weighted by molar-refractivity contribution is 0.0600.